The molecule has 2 heterocycles. The molecule has 2 aliphatic rings. The maximum Gasteiger partial charge on any atom is 0.319 e. The fourth-order valence-corrected chi connectivity index (χ4v) is 9.82. The summed E-state index contributed by atoms with van der Waals surface area (Å²) in [6.07, 6.45) is 7.64. The highest BCUT2D eigenvalue weighted by Crippen LogP contribution is 2.31. The molecule has 12 heteroatoms. The molecular weight excluding hydrogens is 1030 g/mol. The number of carbonyl (C=O) groups is 2. The Morgan fingerprint density at radius 1 is 0.530 bits per heavy atom. The van der Waals surface area contributed by atoms with Crippen molar-refractivity contribution in [3.8, 4) is 33.4 Å². The van der Waals surface area contributed by atoms with E-state index in [2.05, 4.69) is 115 Å². The number of nitrogens with zero attached hydrogens (tertiary/aromatic N) is 3. The lowest BCUT2D eigenvalue weighted by Crippen LogP contribution is -2.45. The van der Waals surface area contributed by atoms with E-state index in [-0.39, 0.29) is 39.0 Å². The second-order valence-corrected chi connectivity index (χ2v) is 20.2. The third-order valence-corrected chi connectivity index (χ3v) is 14.3. The van der Waals surface area contributed by atoms with Gasteiger partial charge in [-0.15, -0.1) is 0 Å². The second kappa shape index (κ2) is 36.8. The molecule has 2 saturated heterocycles. The maximum absolute atomic E-state index is 12.6. The number of carbonyl (C=O) groups excluding carboxylic acids is 3. The molecule has 1 unspecified atom stereocenters. The Labute approximate surface area is 494 Å². The lowest BCUT2D eigenvalue weighted by atomic mass is 10.0. The van der Waals surface area contributed by atoms with Crippen LogP contribution in [0.2, 0.25) is 0 Å². The molecule has 7 N–H and O–H groups in total. The molecule has 8 aromatic carbocycles. The van der Waals surface area contributed by atoms with Gasteiger partial charge in [0, 0.05) is 61.0 Å². The van der Waals surface area contributed by atoms with Crippen LogP contribution in [0.3, 0.4) is 0 Å². The van der Waals surface area contributed by atoms with Crippen LogP contribution < -0.4 is 32.3 Å². The molecule has 4 amide bonds. The summed E-state index contributed by atoms with van der Waals surface area (Å²) >= 11 is 0. The quantitative estimate of drug-likeness (QED) is 0.0416. The predicted octanol–water partition coefficient (Wildman–Crippen LogP) is 15.2. The number of rotatable bonds is 16. The van der Waals surface area contributed by atoms with Gasteiger partial charge < -0.3 is 32.3 Å². The highest BCUT2D eigenvalue weighted by Gasteiger charge is 2.22. The number of para-hydroxylation sites is 3. The van der Waals surface area contributed by atoms with E-state index in [4.69, 9.17) is 5.73 Å². The highest BCUT2D eigenvalue weighted by molar-refractivity contribution is 5.95. The van der Waals surface area contributed by atoms with Crippen LogP contribution in [-0.4, -0.2) is 85.8 Å². The molecule has 0 bridgehead atoms. The van der Waals surface area contributed by atoms with Crippen molar-refractivity contribution in [1.29, 1.82) is 0 Å². The number of anilines is 2. The first kappa shape index (κ1) is 65.3. The van der Waals surface area contributed by atoms with Gasteiger partial charge in [0.15, 0.2) is 0 Å². The molecule has 12 nitrogen and oxygen atoms in total. The van der Waals surface area contributed by atoms with Crippen LogP contribution in [-0.2, 0) is 17.9 Å². The first-order chi connectivity index (χ1) is 39.8. The Morgan fingerprint density at radius 2 is 0.916 bits per heavy atom. The maximum atomic E-state index is 12.6. The number of amides is 4. The van der Waals surface area contributed by atoms with Crippen LogP contribution in [0.4, 0.5) is 26.7 Å². The molecule has 0 aliphatic carbocycles. The van der Waals surface area contributed by atoms with Crippen molar-refractivity contribution >= 4 is 35.2 Å². The zero-order chi connectivity index (χ0) is 56.7. The summed E-state index contributed by atoms with van der Waals surface area (Å²) in [5.74, 6) is 0. The largest absolute Gasteiger partial charge is 0.335 e. The van der Waals surface area contributed by atoms with Gasteiger partial charge in [-0.25, -0.2) is 14.4 Å². The van der Waals surface area contributed by atoms with Crippen molar-refractivity contribution in [1.82, 2.24) is 25.8 Å². The smallest absolute Gasteiger partial charge is 0.319 e. The minimum atomic E-state index is -0.156. The standard InChI is InChI=1S/C25H27N3O.C19H25N3O.C13H9NO.C12H18N2.2CH4/c29-25(27-24-14-8-7-13-23(24)21-11-5-2-6-12-21)26-22-15-17-28(18-16-22)19-20-9-3-1-4-10-20;1-3-16(13-14-20-2)21-19(23)22-18-12-8-7-11-17(18)15-9-5-4-6-10-15;15-10-14-13-9-5-4-8-12(13)11-6-2-1-3-7-11;13-12-6-8-14(9-7-12)10-11-4-2-1-3-5-11;;/h1-14,22H,15-19H2,(H2,26,27,29);4-12,16,20H,3,13-14H2,1-2H3,(H2,21,22,23);1-9H;1-5,12H,6-10,13H2;2*1H4. The van der Waals surface area contributed by atoms with Gasteiger partial charge in [0.05, 0.1) is 17.1 Å². The van der Waals surface area contributed by atoms with Gasteiger partial charge >= 0.3 is 12.1 Å². The summed E-state index contributed by atoms with van der Waals surface area (Å²) in [5.41, 5.74) is 17.1. The summed E-state index contributed by atoms with van der Waals surface area (Å²) < 4.78 is 0. The average Bonchev–Trinajstić information content (AvgIpc) is 3.61. The van der Waals surface area contributed by atoms with Gasteiger partial charge in [-0.05, 0) is 111 Å². The lowest BCUT2D eigenvalue weighted by molar-refractivity contribution is 0.190. The number of hydrogen-bond donors (Lipinski definition) is 6. The van der Waals surface area contributed by atoms with Crippen LogP contribution >= 0.6 is 0 Å². The number of likely N-dealkylation sites (tertiary alicyclic amines) is 2. The number of hydrogen-bond acceptors (Lipinski definition) is 8. The van der Waals surface area contributed by atoms with Crippen molar-refractivity contribution in [2.24, 2.45) is 10.7 Å². The van der Waals surface area contributed by atoms with Crippen LogP contribution in [0.1, 0.15) is 71.4 Å². The first-order valence-electron chi connectivity index (χ1n) is 28.4. The molecule has 434 valence electrons. The van der Waals surface area contributed by atoms with E-state index in [0.29, 0.717) is 11.7 Å². The number of urea groups is 2. The van der Waals surface area contributed by atoms with E-state index >= 15 is 0 Å². The Balaban J connectivity index is 0.000000210. The van der Waals surface area contributed by atoms with Gasteiger partial charge in [0.25, 0.3) is 0 Å². The fourth-order valence-electron chi connectivity index (χ4n) is 9.82. The minimum absolute atomic E-state index is 0. The van der Waals surface area contributed by atoms with Gasteiger partial charge in [0.2, 0.25) is 6.08 Å². The van der Waals surface area contributed by atoms with E-state index in [9.17, 15) is 14.4 Å². The van der Waals surface area contributed by atoms with Crippen molar-refractivity contribution in [2.75, 3.05) is 50.4 Å². The predicted molar refractivity (Wildman–Crippen MR) is 347 cm³/mol. The number of benzene rings is 8. The Kier molecular flexibility index (Phi) is 29.0. The molecule has 1 atom stereocenters. The first-order valence-corrected chi connectivity index (χ1v) is 28.4. The number of nitrogens with two attached hydrogens (primary N) is 1. The average molecular weight is 1110 g/mol. The number of nitrogens with one attached hydrogen (secondary N) is 5. The van der Waals surface area contributed by atoms with Crippen LogP contribution in [0, 0.1) is 0 Å². The van der Waals surface area contributed by atoms with Gasteiger partial charge in [0.1, 0.15) is 0 Å². The third-order valence-electron chi connectivity index (χ3n) is 14.3. The zero-order valence-electron chi connectivity index (χ0n) is 46.9. The van der Waals surface area contributed by atoms with Crippen LogP contribution in [0.25, 0.3) is 33.4 Å². The van der Waals surface area contributed by atoms with E-state index in [1.165, 1.54) is 11.1 Å². The summed E-state index contributed by atoms with van der Waals surface area (Å²) in [6.45, 7) is 9.32. The van der Waals surface area contributed by atoms with Gasteiger partial charge in [-0.1, -0.05) is 228 Å². The van der Waals surface area contributed by atoms with Crippen molar-refractivity contribution < 1.29 is 14.4 Å². The zero-order valence-corrected chi connectivity index (χ0v) is 46.9. The van der Waals surface area contributed by atoms with E-state index < -0.39 is 0 Å². The Hall–Kier alpha value is -8.48. The molecule has 10 rings (SSSR count). The lowest BCUT2D eigenvalue weighted by Gasteiger charge is -2.32. The van der Waals surface area contributed by atoms with Crippen LogP contribution in [0.5, 0.6) is 0 Å². The van der Waals surface area contributed by atoms with E-state index in [1.807, 2.05) is 159 Å². The molecule has 0 aromatic heterocycles. The molecule has 0 saturated carbocycles. The van der Waals surface area contributed by atoms with Gasteiger partial charge in [-0.3, -0.25) is 9.80 Å². The van der Waals surface area contributed by atoms with Crippen LogP contribution in [0.15, 0.2) is 229 Å². The molecular formula is C71H87N9O3. The number of piperidine rings is 2. The second-order valence-electron chi connectivity index (χ2n) is 20.2. The number of aliphatic imine (C=N–C) groups is 1. The monoisotopic (exact) mass is 1110 g/mol. The van der Waals surface area contributed by atoms with Gasteiger partial charge in [-0.2, -0.15) is 4.99 Å². The SMILES string of the molecule is C.C.CCC(CCNC)NC(=O)Nc1ccccc1-c1ccccc1.NC1CCN(Cc2ccccc2)CC1.O=C(Nc1ccccc1-c1ccccc1)NC1CCN(Cc2ccccc2)CC1.O=C=Nc1ccccc1-c1ccccc1. The van der Waals surface area contributed by atoms with Crippen molar-refractivity contribution in [3.05, 3.63) is 236 Å². The fraction of sp³-hybridized carbons (Fsp3) is 0.282. The molecule has 2 aliphatic heterocycles. The van der Waals surface area contributed by atoms with Crippen molar-refractivity contribution in [2.45, 2.75) is 91.5 Å². The van der Waals surface area contributed by atoms with E-state index in [0.717, 1.165) is 129 Å². The molecule has 0 radical (unpaired) electrons. The molecule has 0 spiro atoms. The number of isocyanates is 1. The normalized spacial score (nSPS) is 13.5. The topological polar surface area (TPSA) is 156 Å². The Morgan fingerprint density at radius 3 is 1.36 bits per heavy atom. The minimum Gasteiger partial charge on any atom is -0.335 e. The summed E-state index contributed by atoms with van der Waals surface area (Å²) in [7, 11) is 1.92. The summed E-state index contributed by atoms with van der Waals surface area (Å²) in [4.78, 5) is 43.8. The summed E-state index contributed by atoms with van der Waals surface area (Å²) in [6, 6.07) is 75.1. The molecule has 8 aromatic rings. The molecule has 83 heavy (non-hydrogen) atoms. The Bertz CT molecular complexity index is 3110. The molecule has 2 fully saturated rings. The van der Waals surface area contributed by atoms with Crippen molar-refractivity contribution in [3.63, 3.8) is 0 Å². The highest BCUT2D eigenvalue weighted by atomic mass is 16.2. The third kappa shape index (κ3) is 22.4. The van der Waals surface area contributed by atoms with E-state index in [1.54, 1.807) is 12.1 Å². The summed E-state index contributed by atoms with van der Waals surface area (Å²) in [5, 5.41) is 15.3.